The van der Waals surface area contributed by atoms with Crippen molar-refractivity contribution in [1.82, 2.24) is 20.1 Å². The summed E-state index contributed by atoms with van der Waals surface area (Å²) in [7, 11) is 0. The molecule has 0 atom stereocenters. The van der Waals surface area contributed by atoms with Crippen LogP contribution >= 0.6 is 0 Å². The van der Waals surface area contributed by atoms with Crippen molar-refractivity contribution in [2.24, 2.45) is 0 Å². The van der Waals surface area contributed by atoms with E-state index in [1.54, 1.807) is 0 Å². The van der Waals surface area contributed by atoms with Crippen molar-refractivity contribution < 1.29 is 4.42 Å². The number of hydrogen-bond acceptors (Lipinski definition) is 4. The van der Waals surface area contributed by atoms with E-state index >= 15 is 0 Å². The van der Waals surface area contributed by atoms with Crippen LogP contribution in [0.15, 0.2) is 28.8 Å². The summed E-state index contributed by atoms with van der Waals surface area (Å²) in [5, 5.41) is 7.20. The van der Waals surface area contributed by atoms with Crippen LogP contribution in [0.1, 0.15) is 41.5 Å². The Labute approximate surface area is 135 Å². The Kier molecular flexibility index (Phi) is 3.65. The minimum Gasteiger partial charge on any atom is -0.440 e. The number of rotatable bonds is 3. The van der Waals surface area contributed by atoms with E-state index in [0.29, 0.717) is 5.92 Å². The first-order chi connectivity index (χ1) is 11.2. The number of aromatic nitrogens is 3. The van der Waals surface area contributed by atoms with Gasteiger partial charge in [-0.15, -0.1) is 0 Å². The highest BCUT2D eigenvalue weighted by Gasteiger charge is 2.25. The van der Waals surface area contributed by atoms with Crippen LogP contribution in [0.2, 0.25) is 0 Å². The summed E-state index contributed by atoms with van der Waals surface area (Å²) in [6.07, 6.45) is 4.08. The fourth-order valence-electron chi connectivity index (χ4n) is 3.37. The molecule has 5 nitrogen and oxygen atoms in total. The van der Waals surface area contributed by atoms with Gasteiger partial charge < -0.3 is 4.42 Å². The van der Waals surface area contributed by atoms with Crippen LogP contribution in [0.3, 0.4) is 0 Å². The van der Waals surface area contributed by atoms with Gasteiger partial charge in [0, 0.05) is 12.5 Å². The first-order valence-electron chi connectivity index (χ1n) is 8.28. The van der Waals surface area contributed by atoms with Crippen LogP contribution in [-0.2, 0) is 6.54 Å². The smallest absolute Gasteiger partial charge is 0.198 e. The van der Waals surface area contributed by atoms with Gasteiger partial charge in [-0.2, -0.15) is 5.10 Å². The highest BCUT2D eigenvalue weighted by molar-refractivity contribution is 5.76. The molecule has 1 aliphatic rings. The normalized spacial score (nSPS) is 17.1. The first kappa shape index (κ1) is 14.5. The zero-order chi connectivity index (χ0) is 15.8. The molecule has 3 heterocycles. The molecule has 0 amide bonds. The molecule has 2 aromatic heterocycles. The number of oxazole rings is 1. The predicted octanol–water partition coefficient (Wildman–Crippen LogP) is 3.55. The molecule has 1 saturated heterocycles. The van der Waals surface area contributed by atoms with Gasteiger partial charge in [0.1, 0.15) is 5.52 Å². The van der Waals surface area contributed by atoms with Crippen molar-refractivity contribution in [3.8, 4) is 0 Å². The number of hydrogen-bond donors (Lipinski definition) is 1. The summed E-state index contributed by atoms with van der Waals surface area (Å²) in [5.74, 6) is 1.34. The minimum atomic E-state index is 0.431. The van der Waals surface area contributed by atoms with Gasteiger partial charge in [-0.25, -0.2) is 4.98 Å². The monoisotopic (exact) mass is 310 g/mol. The number of nitrogens with one attached hydrogen (secondary N) is 1. The molecular weight excluding hydrogens is 288 g/mol. The van der Waals surface area contributed by atoms with Gasteiger partial charge in [-0.3, -0.25) is 10.00 Å². The Balaban J connectivity index is 1.44. The molecule has 0 aliphatic carbocycles. The third kappa shape index (κ3) is 2.77. The number of benzene rings is 1. The number of para-hydroxylation sites is 1. The SMILES string of the molecule is Cc1cn[nH]c1CN1CCC(c2nc3cccc(C)c3o2)CC1. The molecule has 0 bridgehead atoms. The quantitative estimate of drug-likeness (QED) is 0.804. The lowest BCUT2D eigenvalue weighted by Crippen LogP contribution is -2.32. The second-order valence-corrected chi connectivity index (χ2v) is 6.56. The molecule has 120 valence electrons. The number of likely N-dealkylation sites (tertiary alicyclic amines) is 1. The summed E-state index contributed by atoms with van der Waals surface area (Å²) in [6.45, 7) is 7.27. The predicted molar refractivity (Wildman–Crippen MR) is 89.3 cm³/mol. The Morgan fingerprint density at radius 2 is 2.04 bits per heavy atom. The van der Waals surface area contributed by atoms with Crippen molar-refractivity contribution in [2.75, 3.05) is 13.1 Å². The molecule has 5 heteroatoms. The molecule has 1 fully saturated rings. The Bertz CT molecular complexity index is 811. The molecule has 0 radical (unpaired) electrons. The van der Waals surface area contributed by atoms with Gasteiger partial charge in [-0.05, 0) is 57.0 Å². The maximum absolute atomic E-state index is 6.05. The van der Waals surface area contributed by atoms with Crippen molar-refractivity contribution in [3.63, 3.8) is 0 Å². The van der Waals surface area contributed by atoms with Crippen molar-refractivity contribution in [1.29, 1.82) is 0 Å². The highest BCUT2D eigenvalue weighted by atomic mass is 16.3. The molecule has 0 unspecified atom stereocenters. The topological polar surface area (TPSA) is 58.0 Å². The lowest BCUT2D eigenvalue weighted by molar-refractivity contribution is 0.191. The standard InChI is InChI=1S/C18H22N4O/c1-12-4-3-5-15-17(12)23-18(20-15)14-6-8-22(9-7-14)11-16-13(2)10-19-21-16/h3-5,10,14H,6-9,11H2,1-2H3,(H,19,21). The number of nitrogens with zero attached hydrogens (tertiary/aromatic N) is 3. The van der Waals surface area contributed by atoms with E-state index in [0.717, 1.165) is 55.0 Å². The molecular formula is C18H22N4O. The summed E-state index contributed by atoms with van der Waals surface area (Å²) < 4.78 is 6.05. The van der Waals surface area contributed by atoms with Gasteiger partial charge in [0.25, 0.3) is 0 Å². The molecule has 3 aromatic rings. The third-order valence-corrected chi connectivity index (χ3v) is 4.88. The fraction of sp³-hybridized carbons (Fsp3) is 0.444. The maximum atomic E-state index is 6.05. The van der Waals surface area contributed by atoms with E-state index in [9.17, 15) is 0 Å². The van der Waals surface area contributed by atoms with Gasteiger partial charge in [0.2, 0.25) is 0 Å². The van der Waals surface area contributed by atoms with Crippen LogP contribution in [0, 0.1) is 13.8 Å². The Hall–Kier alpha value is -2.14. The van der Waals surface area contributed by atoms with E-state index in [-0.39, 0.29) is 0 Å². The van der Waals surface area contributed by atoms with Gasteiger partial charge in [0.15, 0.2) is 11.5 Å². The van der Waals surface area contributed by atoms with Crippen LogP contribution in [0.5, 0.6) is 0 Å². The zero-order valence-corrected chi connectivity index (χ0v) is 13.7. The van der Waals surface area contributed by atoms with E-state index in [2.05, 4.69) is 35.0 Å². The van der Waals surface area contributed by atoms with Crippen molar-refractivity contribution in [2.45, 2.75) is 39.2 Å². The van der Waals surface area contributed by atoms with Crippen LogP contribution in [0.25, 0.3) is 11.1 Å². The van der Waals surface area contributed by atoms with E-state index < -0.39 is 0 Å². The van der Waals surface area contributed by atoms with Crippen LogP contribution < -0.4 is 0 Å². The molecule has 1 aromatic carbocycles. The van der Waals surface area contributed by atoms with Crippen molar-refractivity contribution in [3.05, 3.63) is 47.1 Å². The van der Waals surface area contributed by atoms with E-state index in [1.165, 1.54) is 11.3 Å². The molecule has 1 N–H and O–H groups in total. The molecule has 23 heavy (non-hydrogen) atoms. The number of aromatic amines is 1. The number of piperidine rings is 1. The second kappa shape index (κ2) is 5.81. The first-order valence-corrected chi connectivity index (χ1v) is 8.28. The zero-order valence-electron chi connectivity index (χ0n) is 13.7. The Morgan fingerprint density at radius 3 is 2.74 bits per heavy atom. The van der Waals surface area contributed by atoms with Gasteiger partial charge in [-0.1, -0.05) is 12.1 Å². The fourth-order valence-corrected chi connectivity index (χ4v) is 3.37. The average Bonchev–Trinajstić information content (AvgIpc) is 3.16. The highest BCUT2D eigenvalue weighted by Crippen LogP contribution is 2.31. The third-order valence-electron chi connectivity index (χ3n) is 4.88. The maximum Gasteiger partial charge on any atom is 0.198 e. The van der Waals surface area contributed by atoms with Gasteiger partial charge >= 0.3 is 0 Å². The molecule has 4 rings (SSSR count). The minimum absolute atomic E-state index is 0.431. The Morgan fingerprint density at radius 1 is 1.22 bits per heavy atom. The van der Waals surface area contributed by atoms with Crippen LogP contribution in [-0.4, -0.2) is 33.2 Å². The average molecular weight is 310 g/mol. The number of aryl methyl sites for hydroxylation is 2. The van der Waals surface area contributed by atoms with Gasteiger partial charge in [0.05, 0.1) is 11.9 Å². The largest absolute Gasteiger partial charge is 0.440 e. The summed E-state index contributed by atoms with van der Waals surface area (Å²) in [5.41, 5.74) is 5.55. The summed E-state index contributed by atoms with van der Waals surface area (Å²) in [4.78, 5) is 7.19. The molecule has 0 spiro atoms. The number of fused-ring (bicyclic) bond motifs is 1. The second-order valence-electron chi connectivity index (χ2n) is 6.56. The van der Waals surface area contributed by atoms with Crippen LogP contribution in [0.4, 0.5) is 0 Å². The lowest BCUT2D eigenvalue weighted by atomic mass is 9.96. The van der Waals surface area contributed by atoms with E-state index in [1.807, 2.05) is 18.3 Å². The van der Waals surface area contributed by atoms with Crippen molar-refractivity contribution >= 4 is 11.1 Å². The summed E-state index contributed by atoms with van der Waals surface area (Å²) in [6, 6.07) is 6.15. The lowest BCUT2D eigenvalue weighted by Gasteiger charge is -2.30. The molecule has 0 saturated carbocycles. The van der Waals surface area contributed by atoms with E-state index in [4.69, 9.17) is 9.40 Å². The number of H-pyrrole nitrogens is 1. The summed E-state index contributed by atoms with van der Waals surface area (Å²) >= 11 is 0. The molecule has 1 aliphatic heterocycles.